The predicted molar refractivity (Wildman–Crippen MR) is 83.3 cm³/mol. The first-order valence-corrected chi connectivity index (χ1v) is 7.64. The van der Waals surface area contributed by atoms with Crippen molar-refractivity contribution >= 4 is 49.6 Å². The number of nitrogens with zero attached hydrogens (tertiary/aromatic N) is 2. The molecule has 6 nitrogen and oxygen atoms in total. The number of amides is 1. The average Bonchev–Trinajstić information content (AvgIpc) is 3.03. The third kappa shape index (κ3) is 2.76. The van der Waals surface area contributed by atoms with Gasteiger partial charge in [-0.1, -0.05) is 11.3 Å². The number of nitro groups is 1. The minimum absolute atomic E-state index is 0.0116. The number of benzene rings is 1. The molecule has 8 heteroatoms. The Balaban J connectivity index is 1.87. The summed E-state index contributed by atoms with van der Waals surface area (Å²) >= 11 is 2.72. The molecular formula is C13H9N3O3S2. The Hall–Kier alpha value is -2.32. The molecule has 0 bridgehead atoms. The van der Waals surface area contributed by atoms with Crippen LogP contribution in [0.25, 0.3) is 10.2 Å². The molecule has 1 aromatic carbocycles. The molecule has 0 aliphatic rings. The summed E-state index contributed by atoms with van der Waals surface area (Å²) in [4.78, 5) is 27.6. The molecule has 21 heavy (non-hydrogen) atoms. The van der Waals surface area contributed by atoms with Crippen molar-refractivity contribution in [1.82, 2.24) is 4.98 Å². The molecular weight excluding hydrogens is 310 g/mol. The van der Waals surface area contributed by atoms with Gasteiger partial charge >= 0.3 is 0 Å². The maximum atomic E-state index is 12.0. The van der Waals surface area contributed by atoms with Crippen LogP contribution in [0.5, 0.6) is 0 Å². The first kappa shape index (κ1) is 13.7. The normalized spacial score (nSPS) is 10.7. The van der Waals surface area contributed by atoms with E-state index >= 15 is 0 Å². The van der Waals surface area contributed by atoms with Gasteiger partial charge in [-0.15, -0.1) is 11.3 Å². The molecule has 3 rings (SSSR count). The van der Waals surface area contributed by atoms with Crippen LogP contribution >= 0.6 is 22.7 Å². The lowest BCUT2D eigenvalue weighted by Crippen LogP contribution is -2.10. The van der Waals surface area contributed by atoms with E-state index < -0.39 is 4.92 Å². The molecule has 3 aromatic rings. The van der Waals surface area contributed by atoms with Gasteiger partial charge in [0.05, 0.1) is 20.7 Å². The van der Waals surface area contributed by atoms with E-state index in [1.807, 2.05) is 6.92 Å². The highest BCUT2D eigenvalue weighted by molar-refractivity contribution is 7.22. The zero-order valence-electron chi connectivity index (χ0n) is 10.8. The smallest absolute Gasteiger partial charge is 0.270 e. The monoisotopic (exact) mass is 319 g/mol. The van der Waals surface area contributed by atoms with E-state index in [1.165, 1.54) is 34.8 Å². The summed E-state index contributed by atoms with van der Waals surface area (Å²) in [7, 11) is 0. The zero-order valence-corrected chi connectivity index (χ0v) is 12.5. The number of nitro benzene ring substituents is 1. The number of aryl methyl sites for hydroxylation is 1. The van der Waals surface area contributed by atoms with Crippen molar-refractivity contribution in [2.45, 2.75) is 6.92 Å². The van der Waals surface area contributed by atoms with E-state index in [9.17, 15) is 14.9 Å². The molecule has 2 aromatic heterocycles. The van der Waals surface area contributed by atoms with E-state index in [0.29, 0.717) is 20.9 Å². The summed E-state index contributed by atoms with van der Waals surface area (Å²) in [5, 5.41) is 15.7. The summed E-state index contributed by atoms with van der Waals surface area (Å²) in [5.74, 6) is -0.229. The Kier molecular flexibility index (Phi) is 3.40. The minimum atomic E-state index is -0.453. The number of anilines is 1. The summed E-state index contributed by atoms with van der Waals surface area (Å²) in [5.41, 5.74) is 1.22. The highest BCUT2D eigenvalue weighted by Crippen LogP contribution is 2.29. The van der Waals surface area contributed by atoms with E-state index in [1.54, 1.807) is 17.5 Å². The summed E-state index contributed by atoms with van der Waals surface area (Å²) < 4.78 is 0.668. The maximum Gasteiger partial charge on any atom is 0.270 e. The maximum absolute atomic E-state index is 12.0. The van der Waals surface area contributed by atoms with Gasteiger partial charge in [-0.25, -0.2) is 4.98 Å². The van der Waals surface area contributed by atoms with Crippen LogP contribution in [-0.4, -0.2) is 15.8 Å². The number of non-ortho nitro benzene ring substituents is 1. The van der Waals surface area contributed by atoms with Crippen molar-refractivity contribution in [1.29, 1.82) is 0 Å². The van der Waals surface area contributed by atoms with E-state index in [4.69, 9.17) is 0 Å². The largest absolute Gasteiger partial charge is 0.298 e. The first-order valence-electron chi connectivity index (χ1n) is 5.94. The minimum Gasteiger partial charge on any atom is -0.298 e. The Morgan fingerprint density at radius 2 is 2.19 bits per heavy atom. The van der Waals surface area contributed by atoms with Crippen molar-refractivity contribution in [3.8, 4) is 0 Å². The van der Waals surface area contributed by atoms with Gasteiger partial charge in [-0.05, 0) is 19.1 Å². The average molecular weight is 319 g/mol. The van der Waals surface area contributed by atoms with Crippen molar-refractivity contribution in [3.63, 3.8) is 0 Å². The highest BCUT2D eigenvalue weighted by Gasteiger charge is 2.13. The number of nitrogens with one attached hydrogen (secondary N) is 1. The van der Waals surface area contributed by atoms with Gasteiger partial charge < -0.3 is 0 Å². The van der Waals surface area contributed by atoms with Crippen LogP contribution in [-0.2, 0) is 0 Å². The van der Waals surface area contributed by atoms with Crippen LogP contribution in [0.15, 0.2) is 29.6 Å². The molecule has 0 saturated carbocycles. The predicted octanol–water partition coefficient (Wildman–Crippen LogP) is 3.83. The zero-order chi connectivity index (χ0) is 15.0. The lowest BCUT2D eigenvalue weighted by molar-refractivity contribution is -0.384. The van der Waals surface area contributed by atoms with Crippen LogP contribution in [0.1, 0.15) is 15.2 Å². The first-order chi connectivity index (χ1) is 10.0. The number of thiophene rings is 1. The Morgan fingerprint density at radius 3 is 2.86 bits per heavy atom. The second-order valence-electron chi connectivity index (χ2n) is 4.33. The number of fused-ring (bicyclic) bond motifs is 1. The highest BCUT2D eigenvalue weighted by atomic mass is 32.1. The number of hydrogen-bond donors (Lipinski definition) is 1. The van der Waals surface area contributed by atoms with Gasteiger partial charge in [0.15, 0.2) is 5.13 Å². The molecule has 0 atom stereocenters. The lowest BCUT2D eigenvalue weighted by atomic mass is 10.3. The van der Waals surface area contributed by atoms with Crippen molar-refractivity contribution in [2.24, 2.45) is 0 Å². The Labute approximate surface area is 127 Å². The molecule has 0 spiro atoms. The van der Waals surface area contributed by atoms with Crippen LogP contribution in [0, 0.1) is 17.0 Å². The van der Waals surface area contributed by atoms with E-state index in [-0.39, 0.29) is 11.6 Å². The summed E-state index contributed by atoms with van der Waals surface area (Å²) in [6.07, 6.45) is 0. The number of rotatable bonds is 3. The van der Waals surface area contributed by atoms with Crippen LogP contribution in [0.3, 0.4) is 0 Å². The standard InChI is InChI=1S/C13H9N3O3S2/c1-7-4-8(6-20-7)12(17)15-13-14-10-3-2-9(16(18)19)5-11(10)21-13/h2-6H,1H3,(H,14,15,17). The van der Waals surface area contributed by atoms with Gasteiger partial charge in [-0.2, -0.15) is 0 Å². The SMILES string of the molecule is Cc1cc(C(=O)Nc2nc3ccc([N+](=O)[O-])cc3s2)cs1. The fourth-order valence-electron chi connectivity index (χ4n) is 1.81. The van der Waals surface area contributed by atoms with Gasteiger partial charge in [0.2, 0.25) is 0 Å². The third-order valence-electron chi connectivity index (χ3n) is 2.80. The number of hydrogen-bond acceptors (Lipinski definition) is 6. The topological polar surface area (TPSA) is 85.1 Å². The third-order valence-corrected chi connectivity index (χ3v) is 4.59. The number of aromatic nitrogens is 1. The molecule has 0 saturated heterocycles. The van der Waals surface area contributed by atoms with Crippen molar-refractivity contribution in [3.05, 3.63) is 50.2 Å². The molecule has 0 fully saturated rings. The summed E-state index contributed by atoms with van der Waals surface area (Å²) in [6, 6.07) is 6.24. The Morgan fingerprint density at radius 1 is 1.38 bits per heavy atom. The quantitative estimate of drug-likeness (QED) is 0.587. The van der Waals surface area contributed by atoms with Crippen LogP contribution in [0.2, 0.25) is 0 Å². The van der Waals surface area contributed by atoms with Crippen LogP contribution < -0.4 is 5.32 Å². The number of thiazole rings is 1. The van der Waals surface area contributed by atoms with Gasteiger partial charge in [0.1, 0.15) is 0 Å². The molecule has 0 radical (unpaired) electrons. The molecule has 1 amide bonds. The molecule has 0 aliphatic heterocycles. The lowest BCUT2D eigenvalue weighted by Gasteiger charge is -1.97. The molecule has 0 aliphatic carbocycles. The number of carbonyl (C=O) groups excluding carboxylic acids is 1. The fraction of sp³-hybridized carbons (Fsp3) is 0.0769. The second-order valence-corrected chi connectivity index (χ2v) is 6.47. The molecule has 2 heterocycles. The van der Waals surface area contributed by atoms with Crippen molar-refractivity contribution < 1.29 is 9.72 Å². The van der Waals surface area contributed by atoms with E-state index in [0.717, 1.165) is 4.88 Å². The molecule has 1 N–H and O–H groups in total. The van der Waals surface area contributed by atoms with Gasteiger partial charge in [-0.3, -0.25) is 20.2 Å². The fourth-order valence-corrected chi connectivity index (χ4v) is 3.39. The van der Waals surface area contributed by atoms with Crippen molar-refractivity contribution in [2.75, 3.05) is 5.32 Å². The van der Waals surface area contributed by atoms with E-state index in [2.05, 4.69) is 10.3 Å². The Bertz CT molecular complexity index is 853. The second kappa shape index (κ2) is 5.23. The van der Waals surface area contributed by atoms with Gasteiger partial charge in [0.25, 0.3) is 11.6 Å². The molecule has 0 unspecified atom stereocenters. The number of carbonyl (C=O) groups is 1. The van der Waals surface area contributed by atoms with Crippen LogP contribution in [0.4, 0.5) is 10.8 Å². The molecule has 106 valence electrons. The summed E-state index contributed by atoms with van der Waals surface area (Å²) in [6.45, 7) is 1.93. The van der Waals surface area contributed by atoms with Gasteiger partial charge in [0, 0.05) is 22.4 Å².